The minimum atomic E-state index is -0.301. The maximum absolute atomic E-state index is 11.8. The summed E-state index contributed by atoms with van der Waals surface area (Å²) in [4.78, 5) is 11.8. The zero-order valence-corrected chi connectivity index (χ0v) is 11.1. The maximum atomic E-state index is 11.8. The van der Waals surface area contributed by atoms with Gasteiger partial charge in [-0.1, -0.05) is 13.8 Å². The van der Waals surface area contributed by atoms with E-state index in [4.69, 9.17) is 9.84 Å². The number of carbonyl (C=O) groups is 1. The Morgan fingerprint density at radius 3 is 2.39 bits per heavy atom. The topological polar surface area (TPSA) is 58.6 Å². The van der Waals surface area contributed by atoms with Crippen LogP contribution in [0.5, 0.6) is 0 Å². The van der Waals surface area contributed by atoms with Crippen LogP contribution in [0.3, 0.4) is 0 Å². The number of hydrogen-bond acceptors (Lipinski definition) is 4. The summed E-state index contributed by atoms with van der Waals surface area (Å²) in [5.41, 5.74) is 1.41. The van der Waals surface area contributed by atoms with Crippen molar-refractivity contribution in [2.75, 3.05) is 18.5 Å². The van der Waals surface area contributed by atoms with Gasteiger partial charge in [0.25, 0.3) is 0 Å². The van der Waals surface area contributed by atoms with Gasteiger partial charge < -0.3 is 15.2 Å². The Hall–Kier alpha value is -1.55. The van der Waals surface area contributed by atoms with Gasteiger partial charge in [-0.3, -0.25) is 0 Å². The fourth-order valence-electron chi connectivity index (χ4n) is 1.30. The second kappa shape index (κ2) is 7.01. The molecule has 0 aromatic heterocycles. The molecule has 18 heavy (non-hydrogen) atoms. The molecule has 2 N–H and O–H groups in total. The lowest BCUT2D eigenvalue weighted by atomic mass is 10.1. The van der Waals surface area contributed by atoms with E-state index in [-0.39, 0.29) is 18.7 Å². The van der Waals surface area contributed by atoms with Gasteiger partial charge >= 0.3 is 5.97 Å². The van der Waals surface area contributed by atoms with Crippen molar-refractivity contribution >= 4 is 11.7 Å². The molecule has 1 aromatic rings. The summed E-state index contributed by atoms with van der Waals surface area (Å²) in [7, 11) is 0. The number of benzene rings is 1. The lowest BCUT2D eigenvalue weighted by molar-refractivity contribution is 0.0238. The molecule has 1 aromatic carbocycles. The van der Waals surface area contributed by atoms with E-state index in [1.165, 1.54) is 0 Å². The first-order chi connectivity index (χ1) is 8.54. The van der Waals surface area contributed by atoms with Crippen LogP contribution in [0, 0.1) is 5.92 Å². The molecule has 0 aliphatic carbocycles. The smallest absolute Gasteiger partial charge is 0.338 e. The largest absolute Gasteiger partial charge is 0.459 e. The highest BCUT2D eigenvalue weighted by molar-refractivity contribution is 5.89. The molecular formula is C14H21NO3. The van der Waals surface area contributed by atoms with Crippen LogP contribution in [0.2, 0.25) is 0 Å². The van der Waals surface area contributed by atoms with Gasteiger partial charge in [0.15, 0.2) is 0 Å². The van der Waals surface area contributed by atoms with Gasteiger partial charge in [-0.25, -0.2) is 4.79 Å². The number of nitrogens with one attached hydrogen (secondary N) is 1. The van der Waals surface area contributed by atoms with E-state index >= 15 is 0 Å². The minimum Gasteiger partial charge on any atom is -0.459 e. The summed E-state index contributed by atoms with van der Waals surface area (Å²) in [6.07, 6.45) is -0.0929. The number of ether oxygens (including phenoxy) is 1. The Kier molecular flexibility index (Phi) is 5.65. The van der Waals surface area contributed by atoms with Crippen molar-refractivity contribution in [2.45, 2.75) is 26.9 Å². The van der Waals surface area contributed by atoms with Crippen LogP contribution in [0.4, 0.5) is 5.69 Å². The third-order valence-electron chi connectivity index (χ3n) is 2.79. The van der Waals surface area contributed by atoms with Crippen molar-refractivity contribution in [3.63, 3.8) is 0 Å². The number of carbonyl (C=O) groups excluding carboxylic acids is 1. The average Bonchev–Trinajstić information content (AvgIpc) is 2.36. The molecule has 0 aliphatic rings. The average molecular weight is 251 g/mol. The van der Waals surface area contributed by atoms with E-state index < -0.39 is 0 Å². The SMILES string of the molecule is CC(C)C(C)OC(=O)c1ccc(NCCO)cc1. The van der Waals surface area contributed by atoms with E-state index in [0.717, 1.165) is 5.69 Å². The van der Waals surface area contributed by atoms with Crippen LogP contribution < -0.4 is 5.32 Å². The first kappa shape index (κ1) is 14.5. The maximum Gasteiger partial charge on any atom is 0.338 e. The highest BCUT2D eigenvalue weighted by atomic mass is 16.5. The van der Waals surface area contributed by atoms with Crippen molar-refractivity contribution in [1.29, 1.82) is 0 Å². The number of aliphatic hydroxyl groups excluding tert-OH is 1. The van der Waals surface area contributed by atoms with Crippen LogP contribution in [-0.2, 0) is 4.74 Å². The van der Waals surface area contributed by atoms with Crippen molar-refractivity contribution in [1.82, 2.24) is 0 Å². The van der Waals surface area contributed by atoms with Crippen molar-refractivity contribution < 1.29 is 14.6 Å². The highest BCUT2D eigenvalue weighted by Crippen LogP contribution is 2.13. The third-order valence-corrected chi connectivity index (χ3v) is 2.79. The summed E-state index contributed by atoms with van der Waals surface area (Å²) in [6, 6.07) is 7.03. The van der Waals surface area contributed by atoms with E-state index in [2.05, 4.69) is 5.32 Å². The molecule has 0 amide bonds. The van der Waals surface area contributed by atoms with Gasteiger partial charge in [-0.15, -0.1) is 0 Å². The standard InChI is InChI=1S/C14H21NO3/c1-10(2)11(3)18-14(17)12-4-6-13(7-5-12)15-8-9-16/h4-7,10-11,15-16H,8-9H2,1-3H3. The Morgan fingerprint density at radius 1 is 1.28 bits per heavy atom. The van der Waals surface area contributed by atoms with Crippen molar-refractivity contribution in [3.8, 4) is 0 Å². The quantitative estimate of drug-likeness (QED) is 0.762. The van der Waals surface area contributed by atoms with Gasteiger partial charge in [-0.2, -0.15) is 0 Å². The van der Waals surface area contributed by atoms with Crippen LogP contribution in [0.25, 0.3) is 0 Å². The second-order valence-electron chi connectivity index (χ2n) is 4.58. The van der Waals surface area contributed by atoms with Gasteiger partial charge in [0.05, 0.1) is 12.2 Å². The lowest BCUT2D eigenvalue weighted by Crippen LogP contribution is -2.20. The zero-order chi connectivity index (χ0) is 13.5. The third kappa shape index (κ3) is 4.37. The molecule has 4 heteroatoms. The number of hydrogen-bond donors (Lipinski definition) is 2. The predicted molar refractivity (Wildman–Crippen MR) is 71.7 cm³/mol. The molecule has 0 radical (unpaired) electrons. The molecule has 0 saturated heterocycles. The summed E-state index contributed by atoms with van der Waals surface area (Å²) < 4.78 is 5.32. The molecule has 0 fully saturated rings. The predicted octanol–water partition coefficient (Wildman–Crippen LogP) is 2.29. The molecule has 0 heterocycles. The van der Waals surface area contributed by atoms with Crippen LogP contribution in [-0.4, -0.2) is 30.3 Å². The van der Waals surface area contributed by atoms with E-state index in [1.54, 1.807) is 24.3 Å². The fraction of sp³-hybridized carbons (Fsp3) is 0.500. The number of anilines is 1. The molecule has 0 bridgehead atoms. The number of esters is 1. The Labute approximate surface area is 108 Å². The summed E-state index contributed by atoms with van der Waals surface area (Å²) >= 11 is 0. The molecule has 1 unspecified atom stereocenters. The van der Waals surface area contributed by atoms with Crippen LogP contribution >= 0.6 is 0 Å². The molecule has 0 spiro atoms. The number of rotatable bonds is 6. The summed E-state index contributed by atoms with van der Waals surface area (Å²) in [5.74, 6) is 0.00403. The Morgan fingerprint density at radius 2 is 1.89 bits per heavy atom. The molecule has 1 rings (SSSR count). The Bertz CT molecular complexity index is 373. The van der Waals surface area contributed by atoms with Crippen LogP contribution in [0.1, 0.15) is 31.1 Å². The van der Waals surface area contributed by atoms with Crippen molar-refractivity contribution in [3.05, 3.63) is 29.8 Å². The Balaban J connectivity index is 2.59. The summed E-state index contributed by atoms with van der Waals surface area (Å²) in [6.45, 7) is 6.49. The van der Waals surface area contributed by atoms with Gasteiger partial charge in [-0.05, 0) is 37.1 Å². The normalized spacial score (nSPS) is 12.3. The molecule has 4 nitrogen and oxygen atoms in total. The summed E-state index contributed by atoms with van der Waals surface area (Å²) in [5, 5.41) is 11.7. The van der Waals surface area contributed by atoms with Crippen LogP contribution in [0.15, 0.2) is 24.3 Å². The van der Waals surface area contributed by atoms with Gasteiger partial charge in [0.2, 0.25) is 0 Å². The van der Waals surface area contributed by atoms with Gasteiger partial charge in [0, 0.05) is 12.2 Å². The fourth-order valence-corrected chi connectivity index (χ4v) is 1.30. The lowest BCUT2D eigenvalue weighted by Gasteiger charge is -2.16. The van der Waals surface area contributed by atoms with E-state index in [9.17, 15) is 4.79 Å². The van der Waals surface area contributed by atoms with Gasteiger partial charge in [0.1, 0.15) is 6.10 Å². The molecule has 0 aliphatic heterocycles. The molecule has 0 saturated carbocycles. The van der Waals surface area contributed by atoms with E-state index in [1.807, 2.05) is 20.8 Å². The first-order valence-electron chi connectivity index (χ1n) is 6.20. The van der Waals surface area contributed by atoms with E-state index in [0.29, 0.717) is 18.0 Å². The number of aliphatic hydroxyl groups is 1. The minimum absolute atomic E-state index is 0.0791. The second-order valence-corrected chi connectivity index (χ2v) is 4.58. The molecule has 1 atom stereocenters. The molecule has 100 valence electrons. The molecular weight excluding hydrogens is 230 g/mol. The first-order valence-corrected chi connectivity index (χ1v) is 6.20. The monoisotopic (exact) mass is 251 g/mol. The zero-order valence-electron chi connectivity index (χ0n) is 11.1. The van der Waals surface area contributed by atoms with Crippen molar-refractivity contribution in [2.24, 2.45) is 5.92 Å². The highest BCUT2D eigenvalue weighted by Gasteiger charge is 2.14.